The van der Waals surface area contributed by atoms with Gasteiger partial charge >= 0.3 is 0 Å². The summed E-state index contributed by atoms with van der Waals surface area (Å²) in [6.07, 6.45) is 9.91. The first-order chi connectivity index (χ1) is 12.6. The summed E-state index contributed by atoms with van der Waals surface area (Å²) in [4.78, 5) is 8.42. The number of hydrogen-bond acceptors (Lipinski definition) is 4. The summed E-state index contributed by atoms with van der Waals surface area (Å²) in [5.41, 5.74) is 4.00. The van der Waals surface area contributed by atoms with Crippen molar-refractivity contribution in [1.29, 1.82) is 0 Å². The van der Waals surface area contributed by atoms with Gasteiger partial charge < -0.3 is 0 Å². The number of sulfonamides is 1. The highest BCUT2D eigenvalue weighted by atomic mass is 32.2. The van der Waals surface area contributed by atoms with E-state index in [0.29, 0.717) is 19.0 Å². The molecular weight excluding hydrogens is 346 g/mol. The monoisotopic (exact) mass is 369 g/mol. The van der Waals surface area contributed by atoms with Crippen LogP contribution in [0, 0.1) is 0 Å². The van der Waals surface area contributed by atoms with Gasteiger partial charge in [0.05, 0.1) is 5.25 Å². The van der Waals surface area contributed by atoms with Crippen LogP contribution < -0.4 is 0 Å². The Morgan fingerprint density at radius 1 is 1.04 bits per heavy atom. The molecular formula is C20H23N3O2S. The van der Waals surface area contributed by atoms with Gasteiger partial charge in [-0.3, -0.25) is 0 Å². The number of piperidine rings is 1. The van der Waals surface area contributed by atoms with Gasteiger partial charge in [-0.25, -0.2) is 22.7 Å². The van der Waals surface area contributed by atoms with Crippen molar-refractivity contribution >= 4 is 10.0 Å². The summed E-state index contributed by atoms with van der Waals surface area (Å²) in [6.45, 7) is 1.29. The summed E-state index contributed by atoms with van der Waals surface area (Å²) in [5.74, 6) is 0.305. The summed E-state index contributed by atoms with van der Waals surface area (Å²) < 4.78 is 26.9. The van der Waals surface area contributed by atoms with Crippen molar-refractivity contribution in [2.24, 2.45) is 0 Å². The van der Waals surface area contributed by atoms with Gasteiger partial charge in [0, 0.05) is 31.4 Å². The van der Waals surface area contributed by atoms with Crippen molar-refractivity contribution in [2.45, 2.75) is 48.7 Å². The van der Waals surface area contributed by atoms with Crippen LogP contribution >= 0.6 is 0 Å². The number of benzene rings is 1. The molecule has 26 heavy (non-hydrogen) atoms. The van der Waals surface area contributed by atoms with Gasteiger partial charge in [0.15, 0.2) is 0 Å². The van der Waals surface area contributed by atoms with Crippen LogP contribution in [0.1, 0.15) is 54.7 Å². The molecule has 0 bridgehead atoms. The maximum atomic E-state index is 12.6. The van der Waals surface area contributed by atoms with Gasteiger partial charge in [-0.05, 0) is 54.2 Å². The molecule has 5 rings (SSSR count). The number of fused-ring (bicyclic) bond motifs is 2. The van der Waals surface area contributed by atoms with E-state index in [0.717, 1.165) is 37.7 Å². The molecule has 1 saturated heterocycles. The van der Waals surface area contributed by atoms with E-state index >= 15 is 0 Å². The summed E-state index contributed by atoms with van der Waals surface area (Å²) in [7, 11) is -3.06. The molecule has 6 heteroatoms. The van der Waals surface area contributed by atoms with Crippen LogP contribution in [0.3, 0.4) is 0 Å². The third kappa shape index (κ3) is 2.50. The Labute approximate surface area is 154 Å². The topological polar surface area (TPSA) is 63.2 Å². The van der Waals surface area contributed by atoms with Crippen LogP contribution in [0.15, 0.2) is 43.0 Å². The van der Waals surface area contributed by atoms with E-state index in [2.05, 4.69) is 34.2 Å². The molecule has 3 aliphatic rings. The molecule has 1 unspecified atom stereocenters. The van der Waals surface area contributed by atoms with E-state index in [1.807, 2.05) is 12.4 Å². The molecule has 2 fully saturated rings. The van der Waals surface area contributed by atoms with Crippen molar-refractivity contribution < 1.29 is 8.42 Å². The molecule has 1 spiro atoms. The standard InChI is InChI=1S/C20H23N3O2S/c24-26(25,16-5-6-16)23-9-7-20(8-10-23)11-18(15-12-21-14-22-13-15)17-3-1-2-4-19(17)20/h1-4,12-14,16,18H,5-11H2. The number of aromatic nitrogens is 2. The van der Waals surface area contributed by atoms with E-state index in [1.165, 1.54) is 11.1 Å². The second-order valence-corrected chi connectivity index (χ2v) is 10.2. The average Bonchev–Trinajstić information content (AvgIpc) is 3.49. The van der Waals surface area contributed by atoms with E-state index in [4.69, 9.17) is 0 Å². The lowest BCUT2D eigenvalue weighted by Gasteiger charge is -2.40. The molecule has 1 aromatic heterocycles. The molecule has 0 radical (unpaired) electrons. The van der Waals surface area contributed by atoms with Gasteiger partial charge in [-0.15, -0.1) is 0 Å². The fourth-order valence-electron chi connectivity index (χ4n) is 4.90. The normalized spacial score (nSPS) is 25.3. The molecule has 136 valence electrons. The van der Waals surface area contributed by atoms with Crippen molar-refractivity contribution in [3.63, 3.8) is 0 Å². The minimum atomic E-state index is -3.06. The first kappa shape index (κ1) is 16.4. The zero-order valence-electron chi connectivity index (χ0n) is 14.7. The fourth-order valence-corrected chi connectivity index (χ4v) is 6.75. The Kier molecular flexibility index (Phi) is 3.69. The van der Waals surface area contributed by atoms with Gasteiger partial charge in [-0.2, -0.15) is 0 Å². The van der Waals surface area contributed by atoms with Gasteiger partial charge in [0.2, 0.25) is 10.0 Å². The molecule has 2 heterocycles. The minimum Gasteiger partial charge on any atom is -0.245 e. The second kappa shape index (κ2) is 5.86. The van der Waals surface area contributed by atoms with E-state index in [1.54, 1.807) is 10.6 Å². The number of nitrogens with zero attached hydrogens (tertiary/aromatic N) is 3. The van der Waals surface area contributed by atoms with Crippen LogP contribution in [0.4, 0.5) is 0 Å². The number of hydrogen-bond donors (Lipinski definition) is 0. The zero-order chi connectivity index (χ0) is 17.8. The molecule has 2 aliphatic carbocycles. The van der Waals surface area contributed by atoms with Crippen molar-refractivity contribution in [3.8, 4) is 0 Å². The fraction of sp³-hybridized carbons (Fsp3) is 0.500. The van der Waals surface area contributed by atoms with Crippen LogP contribution in [0.25, 0.3) is 0 Å². The highest BCUT2D eigenvalue weighted by Crippen LogP contribution is 2.54. The van der Waals surface area contributed by atoms with E-state index in [-0.39, 0.29) is 10.7 Å². The van der Waals surface area contributed by atoms with Crippen molar-refractivity contribution in [2.75, 3.05) is 13.1 Å². The van der Waals surface area contributed by atoms with E-state index < -0.39 is 10.0 Å². The zero-order valence-corrected chi connectivity index (χ0v) is 15.5. The van der Waals surface area contributed by atoms with E-state index in [9.17, 15) is 8.42 Å². The lowest BCUT2D eigenvalue weighted by molar-refractivity contribution is 0.227. The summed E-state index contributed by atoms with van der Waals surface area (Å²) in [5, 5.41) is -0.110. The molecule has 5 nitrogen and oxygen atoms in total. The Morgan fingerprint density at radius 2 is 1.73 bits per heavy atom. The smallest absolute Gasteiger partial charge is 0.216 e. The molecule has 1 saturated carbocycles. The van der Waals surface area contributed by atoms with Crippen molar-refractivity contribution in [3.05, 3.63) is 59.7 Å². The first-order valence-corrected chi connectivity index (χ1v) is 10.9. The molecule has 0 N–H and O–H groups in total. The SMILES string of the molecule is O=S(=O)(C1CC1)N1CCC2(CC1)CC(c1cncnc1)c1ccccc12. The lowest BCUT2D eigenvalue weighted by Crippen LogP contribution is -2.45. The molecule has 2 aromatic rings. The second-order valence-electron chi connectivity index (χ2n) is 7.94. The van der Waals surface area contributed by atoms with Gasteiger partial charge in [-0.1, -0.05) is 24.3 Å². The lowest BCUT2D eigenvalue weighted by atomic mass is 9.73. The predicted octanol–water partition coefficient (Wildman–Crippen LogP) is 2.84. The van der Waals surface area contributed by atoms with Crippen LogP contribution in [0.2, 0.25) is 0 Å². The Morgan fingerprint density at radius 3 is 2.42 bits per heavy atom. The maximum absolute atomic E-state index is 12.6. The highest BCUT2D eigenvalue weighted by Gasteiger charge is 2.49. The average molecular weight is 369 g/mol. The van der Waals surface area contributed by atoms with Crippen LogP contribution in [0.5, 0.6) is 0 Å². The van der Waals surface area contributed by atoms with Gasteiger partial charge in [0.25, 0.3) is 0 Å². The molecule has 1 aliphatic heterocycles. The molecule has 0 amide bonds. The van der Waals surface area contributed by atoms with Crippen LogP contribution in [-0.2, 0) is 15.4 Å². The Balaban J connectivity index is 1.45. The predicted molar refractivity (Wildman–Crippen MR) is 99.4 cm³/mol. The van der Waals surface area contributed by atoms with Crippen LogP contribution in [-0.4, -0.2) is 41.0 Å². The van der Waals surface area contributed by atoms with Crippen molar-refractivity contribution in [1.82, 2.24) is 14.3 Å². The highest BCUT2D eigenvalue weighted by molar-refractivity contribution is 7.90. The molecule has 1 atom stereocenters. The quantitative estimate of drug-likeness (QED) is 0.835. The first-order valence-electron chi connectivity index (χ1n) is 9.43. The molecule has 1 aromatic carbocycles. The number of rotatable bonds is 3. The minimum absolute atomic E-state index is 0.0761. The Bertz CT molecular complexity index is 917. The summed E-state index contributed by atoms with van der Waals surface area (Å²) in [6, 6.07) is 8.67. The Hall–Kier alpha value is -1.79. The van der Waals surface area contributed by atoms with Gasteiger partial charge in [0.1, 0.15) is 6.33 Å². The third-order valence-electron chi connectivity index (χ3n) is 6.47. The third-order valence-corrected chi connectivity index (χ3v) is 8.87. The maximum Gasteiger partial charge on any atom is 0.216 e. The largest absolute Gasteiger partial charge is 0.245 e. The summed E-state index contributed by atoms with van der Waals surface area (Å²) >= 11 is 0.